The summed E-state index contributed by atoms with van der Waals surface area (Å²) in [5, 5.41) is 14.8. The van der Waals surface area contributed by atoms with Gasteiger partial charge in [-0.3, -0.25) is 4.79 Å². The van der Waals surface area contributed by atoms with Gasteiger partial charge in [0.1, 0.15) is 11.6 Å². The number of hydrogen-bond donors (Lipinski definition) is 0. The predicted octanol–water partition coefficient (Wildman–Crippen LogP) is 5.19. The van der Waals surface area contributed by atoms with E-state index in [1.807, 2.05) is 0 Å². The number of likely N-dealkylation sites (tertiary alicyclic amines) is 1. The minimum atomic E-state index is -0.624. The fourth-order valence-corrected chi connectivity index (χ4v) is 6.72. The maximum atomic E-state index is 13.7. The molecule has 0 N–H and O–H groups in total. The molecule has 6 rings (SSSR count). The zero-order chi connectivity index (χ0) is 23.1. The molecular weight excluding hydrogens is 422 g/mol. The standard InChI is InChI=1S/C26H32F2N4O/c27-21-11-20(12-22(28)13-21)23-5-8-30-32(23)24(33)26-16-25(17-26,18-26)7-3-1-2-4-9-31-10-6-19(14-29)15-31/h8,11-13,19,23H,1-7,9-10,15-18H2. The second kappa shape index (κ2) is 8.79. The van der Waals surface area contributed by atoms with Gasteiger partial charge >= 0.3 is 0 Å². The van der Waals surface area contributed by atoms with E-state index in [1.54, 1.807) is 6.21 Å². The van der Waals surface area contributed by atoms with E-state index < -0.39 is 17.7 Å². The van der Waals surface area contributed by atoms with Gasteiger partial charge in [-0.25, -0.2) is 13.8 Å². The van der Waals surface area contributed by atoms with Crippen LogP contribution < -0.4 is 0 Å². The minimum absolute atomic E-state index is 0.0223. The summed E-state index contributed by atoms with van der Waals surface area (Å²) in [6, 6.07) is 5.43. The van der Waals surface area contributed by atoms with Crippen LogP contribution in [0.15, 0.2) is 23.3 Å². The Kier molecular flexibility index (Phi) is 5.98. The zero-order valence-corrected chi connectivity index (χ0v) is 19.1. The van der Waals surface area contributed by atoms with E-state index in [2.05, 4.69) is 16.1 Å². The monoisotopic (exact) mass is 454 g/mol. The Morgan fingerprint density at radius 3 is 2.55 bits per heavy atom. The second-order valence-electron chi connectivity index (χ2n) is 10.8. The average Bonchev–Trinajstić information content (AvgIpc) is 3.39. The van der Waals surface area contributed by atoms with Crippen molar-refractivity contribution >= 4 is 12.1 Å². The predicted molar refractivity (Wildman–Crippen MR) is 121 cm³/mol. The van der Waals surface area contributed by atoms with Crippen molar-refractivity contribution in [2.45, 2.75) is 70.3 Å². The first-order chi connectivity index (χ1) is 15.9. The molecule has 2 aliphatic heterocycles. The van der Waals surface area contributed by atoms with Gasteiger partial charge in [-0.15, -0.1) is 0 Å². The van der Waals surface area contributed by atoms with E-state index in [4.69, 9.17) is 5.26 Å². The molecule has 1 aromatic carbocycles. The second-order valence-corrected chi connectivity index (χ2v) is 10.8. The maximum Gasteiger partial charge on any atom is 0.249 e. The third kappa shape index (κ3) is 4.30. The molecule has 1 amide bonds. The van der Waals surface area contributed by atoms with Crippen LogP contribution in [0.5, 0.6) is 0 Å². The van der Waals surface area contributed by atoms with E-state index in [9.17, 15) is 13.6 Å². The molecule has 3 saturated carbocycles. The van der Waals surface area contributed by atoms with Gasteiger partial charge in [0.15, 0.2) is 0 Å². The van der Waals surface area contributed by atoms with Crippen molar-refractivity contribution < 1.29 is 13.6 Å². The molecule has 0 radical (unpaired) electrons. The Balaban J connectivity index is 1.04. The normalized spacial score (nSPS) is 32.5. The number of amides is 1. The summed E-state index contributed by atoms with van der Waals surface area (Å²) in [4.78, 5) is 15.7. The molecule has 5 aliphatic rings. The lowest BCUT2D eigenvalue weighted by molar-refractivity contribution is -0.220. The Hall–Kier alpha value is -2.33. The van der Waals surface area contributed by atoms with Gasteiger partial charge in [0.25, 0.3) is 0 Å². The quantitative estimate of drug-likeness (QED) is 0.483. The van der Waals surface area contributed by atoms with Gasteiger partial charge in [0.05, 0.1) is 23.4 Å². The van der Waals surface area contributed by atoms with Gasteiger partial charge in [0.2, 0.25) is 5.91 Å². The van der Waals surface area contributed by atoms with Crippen LogP contribution >= 0.6 is 0 Å². The molecule has 3 aliphatic carbocycles. The van der Waals surface area contributed by atoms with Gasteiger partial charge in [-0.2, -0.15) is 10.4 Å². The van der Waals surface area contributed by atoms with Crippen molar-refractivity contribution in [3.8, 4) is 6.07 Å². The van der Waals surface area contributed by atoms with Crippen molar-refractivity contribution in [3.05, 3.63) is 35.4 Å². The number of carbonyl (C=O) groups is 1. The molecule has 0 aromatic heterocycles. The van der Waals surface area contributed by atoms with Gasteiger partial charge in [-0.1, -0.05) is 19.3 Å². The molecule has 5 nitrogen and oxygen atoms in total. The molecular formula is C26H32F2N4O. The summed E-state index contributed by atoms with van der Waals surface area (Å²) < 4.78 is 27.4. The highest BCUT2D eigenvalue weighted by Gasteiger charge is 2.71. The molecule has 2 bridgehead atoms. The number of rotatable bonds is 9. The number of benzene rings is 1. The average molecular weight is 455 g/mol. The van der Waals surface area contributed by atoms with E-state index in [1.165, 1.54) is 49.2 Å². The van der Waals surface area contributed by atoms with E-state index in [-0.39, 0.29) is 17.2 Å². The number of nitriles is 1. The number of hydrogen-bond acceptors (Lipinski definition) is 4. The first kappa shape index (κ1) is 22.5. The SMILES string of the molecule is N#CC1CCN(CCCCCCC23CC(C(=O)N4N=CCC4c4cc(F)cc(F)c4)(C2)C3)C1. The third-order valence-electron chi connectivity index (χ3n) is 8.29. The summed E-state index contributed by atoms with van der Waals surface area (Å²) >= 11 is 0. The fraction of sp³-hybridized carbons (Fsp3) is 0.654. The zero-order valence-electron chi connectivity index (χ0n) is 19.1. The molecule has 2 unspecified atom stereocenters. The molecule has 0 spiro atoms. The molecule has 33 heavy (non-hydrogen) atoms. The topological polar surface area (TPSA) is 59.7 Å². The molecule has 1 saturated heterocycles. The Labute approximate surface area is 194 Å². The minimum Gasteiger partial charge on any atom is -0.302 e. The molecule has 1 aromatic rings. The van der Waals surface area contributed by atoms with Crippen LogP contribution in [0.4, 0.5) is 8.78 Å². The summed E-state index contributed by atoms with van der Waals surface area (Å²) in [5.74, 6) is -1.00. The smallest absolute Gasteiger partial charge is 0.249 e. The van der Waals surface area contributed by atoms with Gasteiger partial charge in [0, 0.05) is 25.2 Å². The van der Waals surface area contributed by atoms with Crippen LogP contribution in [0, 0.1) is 39.7 Å². The van der Waals surface area contributed by atoms with Crippen LogP contribution in [0.2, 0.25) is 0 Å². The van der Waals surface area contributed by atoms with Crippen LogP contribution in [-0.4, -0.2) is 41.7 Å². The number of carbonyl (C=O) groups excluding carboxylic acids is 1. The van der Waals surface area contributed by atoms with Crippen molar-refractivity contribution in [1.82, 2.24) is 9.91 Å². The van der Waals surface area contributed by atoms with Crippen molar-refractivity contribution in [2.75, 3.05) is 19.6 Å². The van der Waals surface area contributed by atoms with Crippen LogP contribution in [-0.2, 0) is 4.79 Å². The Morgan fingerprint density at radius 2 is 1.85 bits per heavy atom. The molecule has 176 valence electrons. The highest BCUT2D eigenvalue weighted by Crippen LogP contribution is 2.76. The summed E-state index contributed by atoms with van der Waals surface area (Å²) in [6.45, 7) is 3.10. The lowest BCUT2D eigenvalue weighted by atomic mass is 9.33. The van der Waals surface area contributed by atoms with E-state index >= 15 is 0 Å². The van der Waals surface area contributed by atoms with Gasteiger partial charge < -0.3 is 4.90 Å². The molecule has 4 fully saturated rings. The summed E-state index contributed by atoms with van der Waals surface area (Å²) in [7, 11) is 0. The largest absolute Gasteiger partial charge is 0.302 e. The van der Waals surface area contributed by atoms with Gasteiger partial charge in [-0.05, 0) is 74.7 Å². The number of halogens is 2. The third-order valence-corrected chi connectivity index (χ3v) is 8.29. The highest BCUT2D eigenvalue weighted by molar-refractivity contribution is 5.88. The molecule has 2 atom stereocenters. The summed E-state index contributed by atoms with van der Waals surface area (Å²) in [6.07, 6.45) is 12.0. The lowest BCUT2D eigenvalue weighted by Crippen LogP contribution is -2.67. The number of unbranched alkanes of at least 4 members (excludes halogenated alkanes) is 3. The number of nitrogens with zero attached hydrogens (tertiary/aromatic N) is 4. The molecule has 2 heterocycles. The van der Waals surface area contributed by atoms with Crippen LogP contribution in [0.3, 0.4) is 0 Å². The van der Waals surface area contributed by atoms with Crippen LogP contribution in [0.1, 0.15) is 75.8 Å². The van der Waals surface area contributed by atoms with E-state index in [0.717, 1.165) is 51.4 Å². The van der Waals surface area contributed by atoms with Crippen molar-refractivity contribution in [3.63, 3.8) is 0 Å². The summed E-state index contributed by atoms with van der Waals surface area (Å²) in [5.41, 5.74) is 0.490. The first-order valence-corrected chi connectivity index (χ1v) is 12.4. The number of hydrazone groups is 1. The highest BCUT2D eigenvalue weighted by atomic mass is 19.1. The lowest BCUT2D eigenvalue weighted by Gasteiger charge is -2.70. The first-order valence-electron chi connectivity index (χ1n) is 12.4. The molecule has 7 heteroatoms. The van der Waals surface area contributed by atoms with Crippen molar-refractivity contribution in [1.29, 1.82) is 5.26 Å². The van der Waals surface area contributed by atoms with Crippen molar-refractivity contribution in [2.24, 2.45) is 21.8 Å². The Bertz CT molecular complexity index is 947. The maximum absolute atomic E-state index is 13.7. The fourth-order valence-electron chi connectivity index (χ4n) is 6.72. The Morgan fingerprint density at radius 1 is 1.12 bits per heavy atom. The van der Waals surface area contributed by atoms with Crippen LogP contribution in [0.25, 0.3) is 0 Å². The van der Waals surface area contributed by atoms with E-state index in [0.29, 0.717) is 17.4 Å².